The minimum atomic E-state index is -0.361. The molecule has 0 saturated heterocycles. The molecule has 0 atom stereocenters. The molecule has 1 aromatic heterocycles. The monoisotopic (exact) mass is 263 g/mol. The van der Waals surface area contributed by atoms with Crippen LogP contribution in [-0.2, 0) is 0 Å². The molecule has 2 aromatic rings. The Kier molecular flexibility index (Phi) is 3.43. The summed E-state index contributed by atoms with van der Waals surface area (Å²) in [6.45, 7) is 1.71. The maximum absolute atomic E-state index is 11.9. The number of halogens is 1. The van der Waals surface area contributed by atoms with Crippen molar-refractivity contribution in [3.05, 3.63) is 46.9 Å². The van der Waals surface area contributed by atoms with E-state index >= 15 is 0 Å². The zero-order valence-electron chi connectivity index (χ0n) is 9.51. The molecule has 1 amide bonds. The molecular weight excluding hydrogens is 254 g/mol. The number of rotatable bonds is 2. The molecule has 0 spiro atoms. The van der Waals surface area contributed by atoms with E-state index in [1.54, 1.807) is 13.0 Å². The number of aryl methyl sites for hydroxylation is 1. The van der Waals surface area contributed by atoms with E-state index in [1.807, 2.05) is 0 Å². The number of carbonyl (C=O) groups excluding carboxylic acids is 1. The second-order valence-corrected chi connectivity index (χ2v) is 4.01. The van der Waals surface area contributed by atoms with Crippen molar-refractivity contribution >= 4 is 23.3 Å². The first-order valence-corrected chi connectivity index (χ1v) is 5.53. The van der Waals surface area contributed by atoms with E-state index in [-0.39, 0.29) is 22.6 Å². The van der Waals surface area contributed by atoms with Crippen LogP contribution in [0.25, 0.3) is 0 Å². The standard InChI is InChI=1S/C12H10ClN3O2/c1-7-6-8(2-3-9(7)17)12(18)16-11-10(13)14-4-5-15-11/h2-6,17H,1H3,(H,15,16,18). The van der Waals surface area contributed by atoms with E-state index in [2.05, 4.69) is 15.3 Å². The second-order valence-electron chi connectivity index (χ2n) is 3.65. The van der Waals surface area contributed by atoms with Crippen molar-refractivity contribution < 1.29 is 9.90 Å². The third-order valence-corrected chi connectivity index (χ3v) is 2.62. The molecular formula is C12H10ClN3O2. The first-order chi connectivity index (χ1) is 8.58. The average Bonchev–Trinajstić information content (AvgIpc) is 2.35. The quantitative estimate of drug-likeness (QED) is 0.872. The number of aromatic nitrogens is 2. The van der Waals surface area contributed by atoms with Gasteiger partial charge in [-0.25, -0.2) is 9.97 Å². The summed E-state index contributed by atoms with van der Waals surface area (Å²) in [5.41, 5.74) is 1.03. The highest BCUT2D eigenvalue weighted by Gasteiger charge is 2.10. The summed E-state index contributed by atoms with van der Waals surface area (Å²) in [7, 11) is 0. The summed E-state index contributed by atoms with van der Waals surface area (Å²) in [6.07, 6.45) is 2.87. The molecule has 0 aliphatic heterocycles. The molecule has 2 rings (SSSR count). The molecule has 2 N–H and O–H groups in total. The largest absolute Gasteiger partial charge is 0.508 e. The van der Waals surface area contributed by atoms with Gasteiger partial charge in [0.1, 0.15) is 5.75 Å². The Morgan fingerprint density at radius 1 is 1.33 bits per heavy atom. The number of nitrogens with one attached hydrogen (secondary N) is 1. The molecule has 5 nitrogen and oxygen atoms in total. The summed E-state index contributed by atoms with van der Waals surface area (Å²) in [5.74, 6) is -0.0144. The first-order valence-electron chi connectivity index (χ1n) is 5.15. The smallest absolute Gasteiger partial charge is 0.256 e. The number of phenolic OH excluding ortho intramolecular Hbond substituents is 1. The Morgan fingerprint density at radius 3 is 2.72 bits per heavy atom. The lowest BCUT2D eigenvalue weighted by Crippen LogP contribution is -2.13. The van der Waals surface area contributed by atoms with Crippen LogP contribution >= 0.6 is 11.6 Å². The van der Waals surface area contributed by atoms with Gasteiger partial charge in [0.15, 0.2) is 11.0 Å². The minimum Gasteiger partial charge on any atom is -0.508 e. The van der Waals surface area contributed by atoms with Crippen molar-refractivity contribution in [1.29, 1.82) is 0 Å². The molecule has 0 unspecified atom stereocenters. The van der Waals surface area contributed by atoms with Crippen LogP contribution in [0.2, 0.25) is 5.15 Å². The number of amides is 1. The number of hydrogen-bond donors (Lipinski definition) is 2. The van der Waals surface area contributed by atoms with E-state index in [9.17, 15) is 9.90 Å². The summed E-state index contributed by atoms with van der Waals surface area (Å²) >= 11 is 5.78. The van der Waals surface area contributed by atoms with E-state index < -0.39 is 0 Å². The van der Waals surface area contributed by atoms with Gasteiger partial charge in [-0.15, -0.1) is 0 Å². The van der Waals surface area contributed by atoms with Crippen LogP contribution in [0.1, 0.15) is 15.9 Å². The van der Waals surface area contributed by atoms with Crippen molar-refractivity contribution in [1.82, 2.24) is 9.97 Å². The molecule has 0 aliphatic carbocycles. The zero-order valence-corrected chi connectivity index (χ0v) is 10.3. The third kappa shape index (κ3) is 2.57. The molecule has 0 radical (unpaired) electrons. The maximum atomic E-state index is 11.9. The van der Waals surface area contributed by atoms with Crippen LogP contribution in [0, 0.1) is 6.92 Å². The second kappa shape index (κ2) is 5.01. The Hall–Kier alpha value is -2.14. The van der Waals surface area contributed by atoms with Gasteiger partial charge < -0.3 is 10.4 Å². The third-order valence-electron chi connectivity index (χ3n) is 2.34. The molecule has 6 heteroatoms. The highest BCUT2D eigenvalue weighted by molar-refractivity contribution is 6.32. The number of aromatic hydroxyl groups is 1. The molecule has 92 valence electrons. The lowest BCUT2D eigenvalue weighted by Gasteiger charge is -2.06. The molecule has 1 heterocycles. The number of phenols is 1. The number of nitrogens with zero attached hydrogens (tertiary/aromatic N) is 2. The van der Waals surface area contributed by atoms with E-state index in [0.29, 0.717) is 11.1 Å². The number of hydrogen-bond acceptors (Lipinski definition) is 4. The van der Waals surface area contributed by atoms with Gasteiger partial charge >= 0.3 is 0 Å². The molecule has 0 fully saturated rings. The van der Waals surface area contributed by atoms with Gasteiger partial charge in [-0.1, -0.05) is 11.6 Å². The minimum absolute atomic E-state index is 0.126. The summed E-state index contributed by atoms with van der Waals surface area (Å²) in [4.78, 5) is 19.6. The van der Waals surface area contributed by atoms with Crippen LogP contribution in [0.5, 0.6) is 5.75 Å². The molecule has 0 aliphatic rings. The van der Waals surface area contributed by atoms with Crippen molar-refractivity contribution in [2.75, 3.05) is 5.32 Å². The van der Waals surface area contributed by atoms with Gasteiger partial charge in [-0.05, 0) is 30.7 Å². The highest BCUT2D eigenvalue weighted by atomic mass is 35.5. The first kappa shape index (κ1) is 12.3. The van der Waals surface area contributed by atoms with Gasteiger partial charge in [0, 0.05) is 18.0 Å². The molecule has 0 saturated carbocycles. The Bertz CT molecular complexity index is 602. The van der Waals surface area contributed by atoms with Gasteiger partial charge in [0.2, 0.25) is 0 Å². The maximum Gasteiger partial charge on any atom is 0.256 e. The number of benzene rings is 1. The molecule has 0 bridgehead atoms. The average molecular weight is 264 g/mol. The van der Waals surface area contributed by atoms with Crippen LogP contribution < -0.4 is 5.32 Å². The Balaban J connectivity index is 2.22. The lowest BCUT2D eigenvalue weighted by atomic mass is 10.1. The van der Waals surface area contributed by atoms with E-state index in [1.165, 1.54) is 24.5 Å². The fourth-order valence-corrected chi connectivity index (χ4v) is 1.53. The van der Waals surface area contributed by atoms with Crippen LogP contribution in [-0.4, -0.2) is 21.0 Å². The lowest BCUT2D eigenvalue weighted by molar-refractivity contribution is 0.102. The van der Waals surface area contributed by atoms with Crippen molar-refractivity contribution in [3.63, 3.8) is 0 Å². The predicted octanol–water partition coefficient (Wildman–Crippen LogP) is 2.40. The normalized spacial score (nSPS) is 10.1. The Labute approximate surface area is 108 Å². The summed E-state index contributed by atoms with van der Waals surface area (Å²) in [6, 6.07) is 4.55. The summed E-state index contributed by atoms with van der Waals surface area (Å²) < 4.78 is 0. The van der Waals surface area contributed by atoms with Gasteiger partial charge in [-0.2, -0.15) is 0 Å². The van der Waals surface area contributed by atoms with Crippen molar-refractivity contribution in [3.8, 4) is 5.75 Å². The zero-order chi connectivity index (χ0) is 13.1. The SMILES string of the molecule is Cc1cc(C(=O)Nc2nccnc2Cl)ccc1O. The molecule has 18 heavy (non-hydrogen) atoms. The van der Waals surface area contributed by atoms with Crippen LogP contribution in [0.3, 0.4) is 0 Å². The predicted molar refractivity (Wildman–Crippen MR) is 67.8 cm³/mol. The van der Waals surface area contributed by atoms with Gasteiger partial charge in [-0.3, -0.25) is 4.79 Å². The van der Waals surface area contributed by atoms with Gasteiger partial charge in [0.25, 0.3) is 5.91 Å². The van der Waals surface area contributed by atoms with E-state index in [0.717, 1.165) is 0 Å². The molecule has 1 aromatic carbocycles. The fraction of sp³-hybridized carbons (Fsp3) is 0.0833. The van der Waals surface area contributed by atoms with Crippen LogP contribution in [0.15, 0.2) is 30.6 Å². The van der Waals surface area contributed by atoms with Gasteiger partial charge in [0.05, 0.1) is 0 Å². The number of carbonyl (C=O) groups is 1. The van der Waals surface area contributed by atoms with Crippen molar-refractivity contribution in [2.24, 2.45) is 0 Å². The Morgan fingerprint density at radius 2 is 2.06 bits per heavy atom. The number of anilines is 1. The summed E-state index contributed by atoms with van der Waals surface area (Å²) in [5, 5.41) is 12.1. The van der Waals surface area contributed by atoms with Crippen molar-refractivity contribution in [2.45, 2.75) is 6.92 Å². The van der Waals surface area contributed by atoms with E-state index in [4.69, 9.17) is 11.6 Å². The fourth-order valence-electron chi connectivity index (χ4n) is 1.38. The topological polar surface area (TPSA) is 75.1 Å². The highest BCUT2D eigenvalue weighted by Crippen LogP contribution is 2.19. The van der Waals surface area contributed by atoms with Crippen LogP contribution in [0.4, 0.5) is 5.82 Å².